The van der Waals surface area contributed by atoms with E-state index >= 15 is 0 Å². The highest BCUT2D eigenvalue weighted by Gasteiger charge is 2.44. The molecule has 1 saturated carbocycles. The highest BCUT2D eigenvalue weighted by Crippen LogP contribution is 2.54. The molecule has 4 rings (SSSR count). The Hall–Kier alpha value is -2.10. The first-order valence-electron chi connectivity index (χ1n) is 8.86. The van der Waals surface area contributed by atoms with E-state index in [1.807, 2.05) is 25.5 Å². The van der Waals surface area contributed by atoms with Crippen molar-refractivity contribution in [1.29, 1.82) is 0 Å². The van der Waals surface area contributed by atoms with E-state index in [9.17, 15) is 4.79 Å². The summed E-state index contributed by atoms with van der Waals surface area (Å²) in [5.74, 6) is 1.01. The molecule has 0 saturated heterocycles. The van der Waals surface area contributed by atoms with Crippen LogP contribution in [-0.4, -0.2) is 21.2 Å². The minimum Gasteiger partial charge on any atom is -0.346 e. The van der Waals surface area contributed by atoms with Crippen LogP contribution in [0.15, 0.2) is 24.3 Å². The zero-order chi connectivity index (χ0) is 17.1. The monoisotopic (exact) mass is 323 g/mol. The summed E-state index contributed by atoms with van der Waals surface area (Å²) in [6, 6.07) is 8.40. The fraction of sp³-hybridized carbons (Fsp3) is 0.500. The molecule has 2 atom stereocenters. The zero-order valence-corrected chi connectivity index (χ0v) is 14.9. The molecule has 1 heterocycles. The van der Waals surface area contributed by atoms with Crippen molar-refractivity contribution < 1.29 is 4.79 Å². The van der Waals surface area contributed by atoms with Crippen LogP contribution in [0.25, 0.3) is 5.69 Å². The number of nitrogens with one attached hydrogen (secondary N) is 1. The standard InChI is InChI=1S/C20H25N3O/c1-12-5-9-15(10-6-12)23-18-14-8-7-13(11-14)16(18)17(22-23)19(24)21-20(2,3)4/h5-6,9-10,13-14H,7-8,11H2,1-4H3,(H,21,24). The zero-order valence-electron chi connectivity index (χ0n) is 14.9. The third kappa shape index (κ3) is 2.45. The summed E-state index contributed by atoms with van der Waals surface area (Å²) in [5, 5.41) is 7.85. The number of hydrogen-bond acceptors (Lipinski definition) is 2. The lowest BCUT2D eigenvalue weighted by Gasteiger charge is -2.20. The Kier molecular flexibility index (Phi) is 3.34. The molecular weight excluding hydrogens is 298 g/mol. The lowest BCUT2D eigenvalue weighted by molar-refractivity contribution is 0.0912. The molecule has 2 aromatic rings. The van der Waals surface area contributed by atoms with E-state index in [0.29, 0.717) is 17.5 Å². The van der Waals surface area contributed by atoms with Gasteiger partial charge in [0.1, 0.15) is 0 Å². The first-order valence-corrected chi connectivity index (χ1v) is 8.86. The van der Waals surface area contributed by atoms with Gasteiger partial charge in [-0.1, -0.05) is 17.7 Å². The highest BCUT2D eigenvalue weighted by atomic mass is 16.2. The van der Waals surface area contributed by atoms with Crippen LogP contribution in [0.5, 0.6) is 0 Å². The number of aromatic nitrogens is 2. The molecule has 1 aromatic heterocycles. The van der Waals surface area contributed by atoms with E-state index in [1.165, 1.54) is 36.1 Å². The van der Waals surface area contributed by atoms with Crippen molar-refractivity contribution in [3.05, 3.63) is 46.8 Å². The topological polar surface area (TPSA) is 46.9 Å². The third-order valence-corrected chi connectivity index (χ3v) is 5.17. The summed E-state index contributed by atoms with van der Waals surface area (Å²) in [5.41, 5.74) is 5.14. The SMILES string of the molecule is Cc1ccc(-n2nc(C(=O)NC(C)(C)C)c3c2C2CCC3C2)cc1. The maximum absolute atomic E-state index is 12.8. The average Bonchev–Trinajstić information content (AvgIpc) is 3.18. The molecule has 0 spiro atoms. The number of rotatable bonds is 2. The van der Waals surface area contributed by atoms with Gasteiger partial charge in [-0.2, -0.15) is 5.10 Å². The number of nitrogens with zero attached hydrogens (tertiary/aromatic N) is 2. The number of benzene rings is 1. The van der Waals surface area contributed by atoms with Crippen LogP contribution >= 0.6 is 0 Å². The number of carbonyl (C=O) groups is 1. The van der Waals surface area contributed by atoms with E-state index < -0.39 is 0 Å². The van der Waals surface area contributed by atoms with Gasteiger partial charge in [0.2, 0.25) is 0 Å². The highest BCUT2D eigenvalue weighted by molar-refractivity contribution is 5.95. The molecule has 0 radical (unpaired) electrons. The second-order valence-corrected chi connectivity index (χ2v) is 8.31. The van der Waals surface area contributed by atoms with Crippen molar-refractivity contribution in [1.82, 2.24) is 15.1 Å². The van der Waals surface area contributed by atoms with E-state index in [4.69, 9.17) is 5.10 Å². The van der Waals surface area contributed by atoms with Crippen molar-refractivity contribution in [2.45, 2.75) is 64.3 Å². The van der Waals surface area contributed by atoms with E-state index in [0.717, 1.165) is 5.69 Å². The predicted octanol–water partition coefficient (Wildman–Crippen LogP) is 4.07. The van der Waals surface area contributed by atoms with Crippen LogP contribution in [0.3, 0.4) is 0 Å². The first kappa shape index (κ1) is 15.4. The van der Waals surface area contributed by atoms with Gasteiger partial charge in [0.05, 0.1) is 11.4 Å². The largest absolute Gasteiger partial charge is 0.346 e. The normalized spacial score (nSPS) is 21.8. The van der Waals surface area contributed by atoms with Gasteiger partial charge in [-0.15, -0.1) is 0 Å². The Balaban J connectivity index is 1.82. The molecule has 24 heavy (non-hydrogen) atoms. The van der Waals surface area contributed by atoms with Crippen LogP contribution in [0.4, 0.5) is 0 Å². The Morgan fingerprint density at radius 2 is 1.83 bits per heavy atom. The van der Waals surface area contributed by atoms with Crippen molar-refractivity contribution in [3.8, 4) is 5.69 Å². The molecule has 1 N–H and O–H groups in total. The van der Waals surface area contributed by atoms with Crippen LogP contribution in [0, 0.1) is 6.92 Å². The summed E-state index contributed by atoms with van der Waals surface area (Å²) < 4.78 is 2.02. The van der Waals surface area contributed by atoms with Crippen molar-refractivity contribution in [2.75, 3.05) is 0 Å². The van der Waals surface area contributed by atoms with Crippen LogP contribution in [-0.2, 0) is 0 Å². The molecule has 4 nitrogen and oxygen atoms in total. The molecule has 126 valence electrons. The van der Waals surface area contributed by atoms with E-state index in [-0.39, 0.29) is 11.4 Å². The molecule has 1 aromatic carbocycles. The Morgan fingerprint density at radius 1 is 1.17 bits per heavy atom. The Morgan fingerprint density at radius 3 is 2.50 bits per heavy atom. The van der Waals surface area contributed by atoms with E-state index in [2.05, 4.69) is 36.5 Å². The minimum absolute atomic E-state index is 0.0443. The Labute approximate surface area is 143 Å². The Bertz CT molecular complexity index is 796. The van der Waals surface area contributed by atoms with Gasteiger partial charge in [-0.05, 0) is 65.0 Å². The molecule has 0 aliphatic heterocycles. The number of hydrogen-bond donors (Lipinski definition) is 1. The smallest absolute Gasteiger partial charge is 0.272 e. The second-order valence-electron chi connectivity index (χ2n) is 8.31. The third-order valence-electron chi connectivity index (χ3n) is 5.17. The predicted molar refractivity (Wildman–Crippen MR) is 94.9 cm³/mol. The molecular formula is C20H25N3O. The minimum atomic E-state index is -0.255. The van der Waals surface area contributed by atoms with Gasteiger partial charge >= 0.3 is 0 Å². The lowest BCUT2D eigenvalue weighted by atomic mass is 9.94. The summed E-state index contributed by atoms with van der Waals surface area (Å²) in [7, 11) is 0. The van der Waals surface area contributed by atoms with Crippen LogP contribution in [0.1, 0.15) is 79.2 Å². The maximum Gasteiger partial charge on any atom is 0.272 e. The van der Waals surface area contributed by atoms with Crippen LogP contribution in [0.2, 0.25) is 0 Å². The molecule has 1 fully saturated rings. The summed E-state index contributed by atoms with van der Waals surface area (Å²) in [6.07, 6.45) is 3.58. The van der Waals surface area contributed by atoms with Gasteiger partial charge < -0.3 is 5.32 Å². The van der Waals surface area contributed by atoms with Crippen molar-refractivity contribution in [3.63, 3.8) is 0 Å². The number of carbonyl (C=O) groups excluding carboxylic acids is 1. The fourth-order valence-electron chi connectivity index (χ4n) is 4.18. The lowest BCUT2D eigenvalue weighted by Crippen LogP contribution is -2.41. The first-order chi connectivity index (χ1) is 11.3. The van der Waals surface area contributed by atoms with Gasteiger partial charge in [0, 0.05) is 17.0 Å². The average molecular weight is 323 g/mol. The number of amides is 1. The van der Waals surface area contributed by atoms with Gasteiger partial charge in [-0.25, -0.2) is 4.68 Å². The number of fused-ring (bicyclic) bond motifs is 5. The van der Waals surface area contributed by atoms with Gasteiger partial charge in [0.25, 0.3) is 5.91 Å². The fourth-order valence-corrected chi connectivity index (χ4v) is 4.18. The maximum atomic E-state index is 12.8. The van der Waals surface area contributed by atoms with Gasteiger partial charge in [0.15, 0.2) is 5.69 Å². The summed E-state index contributed by atoms with van der Waals surface area (Å²) >= 11 is 0. The summed E-state index contributed by atoms with van der Waals surface area (Å²) in [6.45, 7) is 8.11. The quantitative estimate of drug-likeness (QED) is 0.905. The molecule has 1 amide bonds. The second kappa shape index (κ2) is 5.20. The molecule has 2 bridgehead atoms. The number of aryl methyl sites for hydroxylation is 1. The van der Waals surface area contributed by atoms with Gasteiger partial charge in [-0.3, -0.25) is 4.79 Å². The van der Waals surface area contributed by atoms with Crippen molar-refractivity contribution >= 4 is 5.91 Å². The molecule has 2 aliphatic carbocycles. The molecule has 4 heteroatoms. The van der Waals surface area contributed by atoms with Crippen molar-refractivity contribution in [2.24, 2.45) is 0 Å². The van der Waals surface area contributed by atoms with E-state index in [1.54, 1.807) is 0 Å². The molecule has 2 aliphatic rings. The molecule has 2 unspecified atom stereocenters. The summed E-state index contributed by atoms with van der Waals surface area (Å²) in [4.78, 5) is 12.8. The van der Waals surface area contributed by atoms with Crippen LogP contribution < -0.4 is 5.32 Å².